The number of hydrogen-bond donors (Lipinski definition) is 0. The predicted molar refractivity (Wildman–Crippen MR) is 80.7 cm³/mol. The highest BCUT2D eigenvalue weighted by molar-refractivity contribution is 7.80. The van der Waals surface area contributed by atoms with E-state index in [0.717, 1.165) is 13.0 Å². The van der Waals surface area contributed by atoms with Gasteiger partial charge < -0.3 is 9.64 Å². The number of hydrogen-bond acceptors (Lipinski definition) is 2. The molecular weight excluding hydrogens is 242 g/mol. The lowest BCUT2D eigenvalue weighted by atomic mass is 10.1. The first kappa shape index (κ1) is 15.0. The summed E-state index contributed by atoms with van der Waals surface area (Å²) in [4.78, 5) is 2.16. The first-order chi connectivity index (χ1) is 8.56. The minimum atomic E-state index is 0.125. The molecule has 1 aromatic rings. The van der Waals surface area contributed by atoms with Crippen LogP contribution in [0.15, 0.2) is 30.3 Å². The van der Waals surface area contributed by atoms with Gasteiger partial charge in [0.15, 0.2) is 0 Å². The SMILES string of the molecule is CCCN(C(=S)OC(C)C)C(C)c1ccccc1. The summed E-state index contributed by atoms with van der Waals surface area (Å²) in [6.07, 6.45) is 1.18. The smallest absolute Gasteiger partial charge is 0.260 e. The van der Waals surface area contributed by atoms with E-state index in [4.69, 9.17) is 17.0 Å². The summed E-state index contributed by atoms with van der Waals surface area (Å²) in [6.45, 7) is 9.25. The molecule has 0 saturated carbocycles. The lowest BCUT2D eigenvalue weighted by molar-refractivity contribution is 0.170. The van der Waals surface area contributed by atoms with Gasteiger partial charge >= 0.3 is 0 Å². The van der Waals surface area contributed by atoms with E-state index in [2.05, 4.69) is 43.0 Å². The molecule has 0 aliphatic carbocycles. The Balaban J connectivity index is 2.81. The van der Waals surface area contributed by atoms with E-state index in [9.17, 15) is 0 Å². The van der Waals surface area contributed by atoms with Crippen LogP contribution in [0.25, 0.3) is 0 Å². The Bertz CT molecular complexity index is 364. The number of ether oxygens (including phenoxy) is 1. The van der Waals surface area contributed by atoms with Gasteiger partial charge in [-0.15, -0.1) is 0 Å². The fourth-order valence-electron chi connectivity index (χ4n) is 1.86. The van der Waals surface area contributed by atoms with Crippen molar-refractivity contribution in [1.82, 2.24) is 4.90 Å². The summed E-state index contributed by atoms with van der Waals surface area (Å²) in [7, 11) is 0. The molecular formula is C15H23NOS. The number of nitrogens with zero attached hydrogens (tertiary/aromatic N) is 1. The molecule has 1 rings (SSSR count). The maximum atomic E-state index is 5.66. The molecule has 0 amide bonds. The molecule has 0 aliphatic heterocycles. The molecule has 0 aliphatic rings. The third-order valence-electron chi connectivity index (χ3n) is 2.79. The lowest BCUT2D eigenvalue weighted by Crippen LogP contribution is -2.35. The highest BCUT2D eigenvalue weighted by Gasteiger charge is 2.19. The quantitative estimate of drug-likeness (QED) is 0.741. The van der Waals surface area contributed by atoms with Crippen molar-refractivity contribution < 1.29 is 4.74 Å². The van der Waals surface area contributed by atoms with E-state index < -0.39 is 0 Å². The van der Waals surface area contributed by atoms with E-state index >= 15 is 0 Å². The highest BCUT2D eigenvalue weighted by atomic mass is 32.1. The zero-order valence-corrected chi connectivity index (χ0v) is 12.5. The van der Waals surface area contributed by atoms with Crippen LogP contribution in [0.1, 0.15) is 45.7 Å². The summed E-state index contributed by atoms with van der Waals surface area (Å²) in [5.74, 6) is 0. The first-order valence-corrected chi connectivity index (χ1v) is 6.99. The van der Waals surface area contributed by atoms with Crippen LogP contribution in [0.5, 0.6) is 0 Å². The summed E-state index contributed by atoms with van der Waals surface area (Å²) in [5, 5.41) is 0.600. The average molecular weight is 265 g/mol. The first-order valence-electron chi connectivity index (χ1n) is 6.58. The molecule has 100 valence electrons. The molecule has 0 heterocycles. The van der Waals surface area contributed by atoms with Gasteiger partial charge in [-0.3, -0.25) is 0 Å². The molecule has 1 atom stereocenters. The largest absolute Gasteiger partial charge is 0.468 e. The highest BCUT2D eigenvalue weighted by Crippen LogP contribution is 2.21. The molecule has 3 heteroatoms. The second-order valence-corrected chi connectivity index (χ2v) is 5.06. The van der Waals surface area contributed by atoms with Crippen molar-refractivity contribution in [2.75, 3.05) is 6.54 Å². The minimum absolute atomic E-state index is 0.125. The van der Waals surface area contributed by atoms with Crippen molar-refractivity contribution in [2.45, 2.75) is 46.3 Å². The van der Waals surface area contributed by atoms with Gasteiger partial charge in [0.2, 0.25) is 0 Å². The van der Waals surface area contributed by atoms with E-state index in [-0.39, 0.29) is 12.1 Å². The van der Waals surface area contributed by atoms with Crippen molar-refractivity contribution in [3.63, 3.8) is 0 Å². The Morgan fingerprint density at radius 3 is 2.33 bits per heavy atom. The zero-order valence-electron chi connectivity index (χ0n) is 11.7. The van der Waals surface area contributed by atoms with Gasteiger partial charge in [-0.25, -0.2) is 0 Å². The van der Waals surface area contributed by atoms with Crippen LogP contribution >= 0.6 is 12.2 Å². The number of benzene rings is 1. The second kappa shape index (κ2) is 7.37. The zero-order chi connectivity index (χ0) is 13.5. The summed E-state index contributed by atoms with van der Waals surface area (Å²) >= 11 is 5.40. The lowest BCUT2D eigenvalue weighted by Gasteiger charge is -2.31. The van der Waals surface area contributed by atoms with Crippen molar-refractivity contribution in [2.24, 2.45) is 0 Å². The van der Waals surface area contributed by atoms with Crippen LogP contribution in [0.3, 0.4) is 0 Å². The van der Waals surface area contributed by atoms with Crippen molar-refractivity contribution in [3.8, 4) is 0 Å². The molecule has 0 spiro atoms. The normalized spacial score (nSPS) is 12.3. The molecule has 0 saturated heterocycles. The topological polar surface area (TPSA) is 12.5 Å². The Hall–Kier alpha value is -1.09. The number of thiocarbonyl (C=S) groups is 1. The van der Waals surface area contributed by atoms with Crippen molar-refractivity contribution >= 4 is 17.4 Å². The van der Waals surface area contributed by atoms with Gasteiger partial charge in [0, 0.05) is 6.54 Å². The van der Waals surface area contributed by atoms with Crippen molar-refractivity contribution in [3.05, 3.63) is 35.9 Å². The maximum absolute atomic E-state index is 5.66. The van der Waals surface area contributed by atoms with Crippen molar-refractivity contribution in [1.29, 1.82) is 0 Å². The molecule has 2 nitrogen and oxygen atoms in total. The fourth-order valence-corrected chi connectivity index (χ4v) is 2.31. The van der Waals surface area contributed by atoms with E-state index in [1.165, 1.54) is 5.56 Å². The van der Waals surface area contributed by atoms with Gasteiger partial charge in [0.1, 0.15) is 0 Å². The van der Waals surface area contributed by atoms with E-state index in [1.807, 2.05) is 19.9 Å². The number of rotatable bonds is 5. The summed E-state index contributed by atoms with van der Waals surface area (Å²) < 4.78 is 5.66. The molecule has 0 radical (unpaired) electrons. The molecule has 0 fully saturated rings. The molecule has 18 heavy (non-hydrogen) atoms. The summed E-state index contributed by atoms with van der Waals surface area (Å²) in [5.41, 5.74) is 1.26. The Labute approximate surface area is 116 Å². The van der Waals surface area contributed by atoms with E-state index in [1.54, 1.807) is 0 Å². The molecule has 0 aromatic heterocycles. The van der Waals surface area contributed by atoms with Gasteiger partial charge in [0.25, 0.3) is 5.17 Å². The standard InChI is InChI=1S/C15H23NOS/c1-5-11-16(15(18)17-12(2)3)13(4)14-9-7-6-8-10-14/h6-10,12-13H,5,11H2,1-4H3. The Morgan fingerprint density at radius 2 is 1.83 bits per heavy atom. The fraction of sp³-hybridized carbons (Fsp3) is 0.533. The predicted octanol–water partition coefficient (Wildman–Crippen LogP) is 4.17. The minimum Gasteiger partial charge on any atom is -0.468 e. The molecule has 1 aromatic carbocycles. The van der Waals surface area contributed by atoms with Gasteiger partial charge in [-0.1, -0.05) is 37.3 Å². The second-order valence-electron chi connectivity index (χ2n) is 4.71. The molecule has 1 unspecified atom stereocenters. The van der Waals surface area contributed by atoms with Crippen LogP contribution in [-0.2, 0) is 4.74 Å². The Morgan fingerprint density at radius 1 is 1.22 bits per heavy atom. The van der Waals surface area contributed by atoms with Crippen LogP contribution in [0.2, 0.25) is 0 Å². The van der Waals surface area contributed by atoms with Gasteiger partial charge in [-0.05, 0) is 45.0 Å². The maximum Gasteiger partial charge on any atom is 0.260 e. The van der Waals surface area contributed by atoms with Crippen LogP contribution < -0.4 is 0 Å². The molecule has 0 bridgehead atoms. The summed E-state index contributed by atoms with van der Waals surface area (Å²) in [6, 6.07) is 10.7. The monoisotopic (exact) mass is 265 g/mol. The third-order valence-corrected chi connectivity index (χ3v) is 3.12. The average Bonchev–Trinajstić information content (AvgIpc) is 2.35. The third kappa shape index (κ3) is 4.30. The molecule has 0 N–H and O–H groups in total. The van der Waals surface area contributed by atoms with Crippen LogP contribution in [0.4, 0.5) is 0 Å². The van der Waals surface area contributed by atoms with Gasteiger partial charge in [0.05, 0.1) is 12.1 Å². The van der Waals surface area contributed by atoms with Crippen LogP contribution in [0, 0.1) is 0 Å². The van der Waals surface area contributed by atoms with Gasteiger partial charge in [-0.2, -0.15) is 0 Å². The van der Waals surface area contributed by atoms with Crippen LogP contribution in [-0.4, -0.2) is 22.7 Å². The Kier molecular flexibility index (Phi) is 6.13. The van der Waals surface area contributed by atoms with E-state index in [0.29, 0.717) is 5.17 Å².